The molecule has 3 aliphatic rings. The maximum Gasteiger partial charge on any atom is 0.314 e. The van der Waals surface area contributed by atoms with Crippen molar-refractivity contribution in [1.82, 2.24) is 10.6 Å². The predicted octanol–water partition coefficient (Wildman–Crippen LogP) is 1.77. The minimum Gasteiger partial charge on any atom is -0.426 e. The first-order chi connectivity index (χ1) is 16.3. The van der Waals surface area contributed by atoms with Crippen LogP contribution in [0.15, 0.2) is 36.4 Å². The average Bonchev–Trinajstić information content (AvgIpc) is 3.27. The lowest BCUT2D eigenvalue weighted by atomic mass is 9.82. The van der Waals surface area contributed by atoms with Gasteiger partial charge >= 0.3 is 11.9 Å². The number of amides is 4. The highest BCUT2D eigenvalue weighted by Crippen LogP contribution is 2.32. The lowest BCUT2D eigenvalue weighted by Gasteiger charge is -2.25. The van der Waals surface area contributed by atoms with Gasteiger partial charge in [0.2, 0.25) is 0 Å². The number of benzene rings is 2. The predicted molar refractivity (Wildman–Crippen MR) is 113 cm³/mol. The minimum atomic E-state index is -0.535. The molecule has 2 N–H and O–H groups in total. The fourth-order valence-corrected chi connectivity index (χ4v) is 4.38. The summed E-state index contributed by atoms with van der Waals surface area (Å²) < 4.78 is 10.8. The minimum absolute atomic E-state index is 0.162. The van der Waals surface area contributed by atoms with Crippen LogP contribution in [0.1, 0.15) is 67.1 Å². The van der Waals surface area contributed by atoms with Crippen LogP contribution < -0.4 is 20.1 Å². The van der Waals surface area contributed by atoms with E-state index in [-0.39, 0.29) is 33.8 Å². The molecule has 10 heteroatoms. The zero-order valence-corrected chi connectivity index (χ0v) is 17.7. The van der Waals surface area contributed by atoms with Gasteiger partial charge < -0.3 is 9.47 Å². The van der Waals surface area contributed by atoms with Crippen LogP contribution in [0, 0.1) is 11.8 Å². The highest BCUT2D eigenvalue weighted by atomic mass is 16.5. The summed E-state index contributed by atoms with van der Waals surface area (Å²) in [6, 6.07) is 8.51. The third-order valence-corrected chi connectivity index (χ3v) is 6.25. The Hall–Kier alpha value is -4.34. The van der Waals surface area contributed by atoms with Crippen molar-refractivity contribution in [2.24, 2.45) is 11.8 Å². The van der Waals surface area contributed by atoms with Crippen LogP contribution in [-0.2, 0) is 9.59 Å². The van der Waals surface area contributed by atoms with Crippen molar-refractivity contribution in [2.75, 3.05) is 0 Å². The Labute approximate surface area is 192 Å². The first kappa shape index (κ1) is 21.5. The summed E-state index contributed by atoms with van der Waals surface area (Å²) in [4.78, 5) is 72.0. The highest BCUT2D eigenvalue weighted by Gasteiger charge is 2.34. The van der Waals surface area contributed by atoms with Gasteiger partial charge in [0.25, 0.3) is 23.6 Å². The van der Waals surface area contributed by atoms with Gasteiger partial charge in [-0.1, -0.05) is 0 Å². The fraction of sp³-hybridized carbons (Fsp3) is 0.250. The quantitative estimate of drug-likeness (QED) is 0.397. The molecule has 0 radical (unpaired) electrons. The molecule has 1 fully saturated rings. The summed E-state index contributed by atoms with van der Waals surface area (Å²) >= 11 is 0. The number of rotatable bonds is 4. The standard InChI is InChI=1S/C24H18N2O8/c27-19-15-7-5-13(9-17(15)21(29)25-19)33-23(31)11-1-2-12(4-3-11)24(32)34-14-6-8-16-18(10-14)22(30)26-20(16)28/h5-12H,1-4H2,(H,25,27,29)(H,26,28,30). The van der Waals surface area contributed by atoms with E-state index in [2.05, 4.69) is 10.6 Å². The van der Waals surface area contributed by atoms with E-state index >= 15 is 0 Å². The van der Waals surface area contributed by atoms with E-state index in [1.54, 1.807) is 0 Å². The molecule has 0 bridgehead atoms. The van der Waals surface area contributed by atoms with Crippen LogP contribution in [0.3, 0.4) is 0 Å². The smallest absolute Gasteiger partial charge is 0.314 e. The summed E-state index contributed by atoms with van der Waals surface area (Å²) in [6.45, 7) is 0. The van der Waals surface area contributed by atoms with E-state index in [0.717, 1.165) is 0 Å². The van der Waals surface area contributed by atoms with Crippen LogP contribution in [0.2, 0.25) is 0 Å². The molecule has 1 saturated carbocycles. The van der Waals surface area contributed by atoms with Gasteiger partial charge in [0.05, 0.1) is 34.1 Å². The van der Waals surface area contributed by atoms with E-state index in [1.807, 2.05) is 0 Å². The third kappa shape index (κ3) is 3.83. The summed E-state index contributed by atoms with van der Waals surface area (Å²) in [5.41, 5.74) is 0.796. The fourth-order valence-electron chi connectivity index (χ4n) is 4.38. The molecule has 10 nitrogen and oxygen atoms in total. The number of carbonyl (C=O) groups is 6. The zero-order valence-electron chi connectivity index (χ0n) is 17.7. The Kier molecular flexibility index (Phi) is 5.20. The van der Waals surface area contributed by atoms with E-state index in [9.17, 15) is 28.8 Å². The molecule has 1 aliphatic carbocycles. The number of esters is 2. The molecule has 0 unspecified atom stereocenters. The number of nitrogens with one attached hydrogen (secondary N) is 2. The summed E-state index contributed by atoms with van der Waals surface area (Å²) in [5, 5.41) is 4.36. The molecule has 0 saturated heterocycles. The molecule has 2 heterocycles. The summed E-state index contributed by atoms with van der Waals surface area (Å²) in [7, 11) is 0. The SMILES string of the molecule is O=C1NC(=O)c2cc(OC(=O)C3CCC(C(=O)Oc4ccc5c(c4)C(=O)NC5=O)CC3)ccc21. The molecule has 2 aromatic rings. The average molecular weight is 462 g/mol. The Balaban J connectivity index is 1.16. The van der Waals surface area contributed by atoms with Gasteiger partial charge in [-0.2, -0.15) is 0 Å². The van der Waals surface area contributed by atoms with Gasteiger partial charge in [0.15, 0.2) is 0 Å². The van der Waals surface area contributed by atoms with Crippen molar-refractivity contribution in [3.63, 3.8) is 0 Å². The largest absolute Gasteiger partial charge is 0.426 e. The second kappa shape index (κ2) is 8.22. The molecule has 0 atom stereocenters. The van der Waals surface area contributed by atoms with Gasteiger partial charge in [-0.3, -0.25) is 39.4 Å². The number of hydrogen-bond acceptors (Lipinski definition) is 8. The van der Waals surface area contributed by atoms with Crippen molar-refractivity contribution in [3.8, 4) is 11.5 Å². The first-order valence-corrected chi connectivity index (χ1v) is 10.7. The first-order valence-electron chi connectivity index (χ1n) is 10.7. The Morgan fingerprint density at radius 1 is 0.588 bits per heavy atom. The summed E-state index contributed by atoms with van der Waals surface area (Å²) in [5.74, 6) is -3.45. The maximum atomic E-state index is 12.6. The van der Waals surface area contributed by atoms with Crippen molar-refractivity contribution < 1.29 is 38.2 Å². The van der Waals surface area contributed by atoms with Crippen molar-refractivity contribution in [2.45, 2.75) is 25.7 Å². The van der Waals surface area contributed by atoms with E-state index in [0.29, 0.717) is 25.7 Å². The number of carbonyl (C=O) groups excluding carboxylic acids is 6. The third-order valence-electron chi connectivity index (χ3n) is 6.25. The van der Waals surface area contributed by atoms with Crippen LogP contribution in [-0.4, -0.2) is 35.6 Å². The monoisotopic (exact) mass is 462 g/mol. The number of fused-ring (bicyclic) bond motifs is 2. The zero-order chi connectivity index (χ0) is 24.0. The molecule has 5 rings (SSSR count). The second-order valence-corrected chi connectivity index (χ2v) is 8.37. The molecule has 2 aliphatic heterocycles. The molecule has 34 heavy (non-hydrogen) atoms. The lowest BCUT2D eigenvalue weighted by molar-refractivity contribution is -0.145. The molecule has 172 valence electrons. The Bertz CT molecular complexity index is 1190. The molecular weight excluding hydrogens is 444 g/mol. The second-order valence-electron chi connectivity index (χ2n) is 8.37. The highest BCUT2D eigenvalue weighted by molar-refractivity contribution is 6.22. The molecule has 0 aromatic heterocycles. The number of imide groups is 2. The van der Waals surface area contributed by atoms with E-state index < -0.39 is 47.4 Å². The molecule has 4 amide bonds. The number of hydrogen-bond donors (Lipinski definition) is 2. The lowest BCUT2D eigenvalue weighted by Crippen LogP contribution is -2.30. The number of ether oxygens (including phenoxy) is 2. The normalized spacial score (nSPS) is 20.8. The van der Waals surface area contributed by atoms with Gasteiger partial charge in [0.1, 0.15) is 11.5 Å². The molecular formula is C24H18N2O8. The Morgan fingerprint density at radius 2 is 0.941 bits per heavy atom. The van der Waals surface area contributed by atoms with Crippen LogP contribution in [0.25, 0.3) is 0 Å². The molecule has 0 spiro atoms. The van der Waals surface area contributed by atoms with Crippen LogP contribution in [0.4, 0.5) is 0 Å². The Morgan fingerprint density at radius 3 is 1.32 bits per heavy atom. The van der Waals surface area contributed by atoms with E-state index in [4.69, 9.17) is 9.47 Å². The van der Waals surface area contributed by atoms with E-state index in [1.165, 1.54) is 36.4 Å². The van der Waals surface area contributed by atoms with Gasteiger partial charge in [0, 0.05) is 0 Å². The topological polar surface area (TPSA) is 145 Å². The molecule has 2 aromatic carbocycles. The van der Waals surface area contributed by atoms with Crippen LogP contribution in [0.5, 0.6) is 11.5 Å². The summed E-state index contributed by atoms with van der Waals surface area (Å²) in [6.07, 6.45) is 1.68. The van der Waals surface area contributed by atoms with Gasteiger partial charge in [-0.05, 0) is 62.1 Å². The van der Waals surface area contributed by atoms with Crippen LogP contribution >= 0.6 is 0 Å². The maximum absolute atomic E-state index is 12.6. The van der Waals surface area contributed by atoms with Crippen molar-refractivity contribution >= 4 is 35.6 Å². The van der Waals surface area contributed by atoms with Gasteiger partial charge in [-0.15, -0.1) is 0 Å². The van der Waals surface area contributed by atoms with Crippen molar-refractivity contribution in [3.05, 3.63) is 58.7 Å². The van der Waals surface area contributed by atoms with Crippen molar-refractivity contribution in [1.29, 1.82) is 0 Å². The van der Waals surface area contributed by atoms with Gasteiger partial charge in [-0.25, -0.2) is 0 Å².